The van der Waals surface area contributed by atoms with Crippen molar-refractivity contribution >= 4 is 17.7 Å². The number of benzene rings is 1. The first-order valence-corrected chi connectivity index (χ1v) is 9.95. The molecule has 2 aromatic rings. The number of guanidine groups is 1. The number of aliphatic imine (C=N–C) groups is 1. The number of nitrogens with zero attached hydrogens (tertiary/aromatic N) is 2. The van der Waals surface area contributed by atoms with E-state index in [1.165, 1.54) is 0 Å². The molecule has 2 rings (SSSR count). The molecule has 7 heteroatoms. The van der Waals surface area contributed by atoms with E-state index < -0.39 is 0 Å². The van der Waals surface area contributed by atoms with Gasteiger partial charge in [0.2, 0.25) is 5.88 Å². The molecule has 0 amide bonds. The smallest absolute Gasteiger partial charge is 0.219 e. The van der Waals surface area contributed by atoms with Gasteiger partial charge in [-0.3, -0.25) is 4.99 Å². The minimum atomic E-state index is 0.152. The van der Waals surface area contributed by atoms with Gasteiger partial charge >= 0.3 is 0 Å². The Bertz CT molecular complexity index is 731. The third-order valence-corrected chi connectivity index (χ3v) is 5.25. The average molecular weight is 389 g/mol. The molecule has 27 heavy (non-hydrogen) atoms. The number of rotatable bonds is 8. The fourth-order valence-corrected chi connectivity index (χ4v) is 2.33. The van der Waals surface area contributed by atoms with Gasteiger partial charge in [0.05, 0.1) is 7.11 Å². The standard InChI is InChI=1S/C20H28N4O2S/c1-20(2,27-5)14-24-19(21-3)23-13-15-6-11-18(22-12-15)26-17-9-7-16(25-4)8-10-17/h6-12H,13-14H2,1-5H3,(H2,21,23,24). The maximum Gasteiger partial charge on any atom is 0.219 e. The van der Waals surface area contributed by atoms with Crippen molar-refractivity contribution in [2.45, 2.75) is 25.1 Å². The molecule has 6 nitrogen and oxygen atoms in total. The van der Waals surface area contributed by atoms with E-state index in [-0.39, 0.29) is 4.75 Å². The van der Waals surface area contributed by atoms with Crippen LogP contribution in [0.4, 0.5) is 0 Å². The number of methoxy groups -OCH3 is 1. The molecule has 0 radical (unpaired) electrons. The zero-order valence-corrected chi connectivity index (χ0v) is 17.4. The van der Waals surface area contributed by atoms with Crippen molar-refractivity contribution in [2.24, 2.45) is 4.99 Å². The summed E-state index contributed by atoms with van der Waals surface area (Å²) in [5, 5.41) is 6.65. The van der Waals surface area contributed by atoms with Gasteiger partial charge in [-0.1, -0.05) is 6.07 Å². The number of nitrogens with one attached hydrogen (secondary N) is 2. The summed E-state index contributed by atoms with van der Waals surface area (Å²) in [5.41, 5.74) is 1.05. The molecule has 0 aliphatic carbocycles. The summed E-state index contributed by atoms with van der Waals surface area (Å²) in [5.74, 6) is 2.83. The summed E-state index contributed by atoms with van der Waals surface area (Å²) in [6.45, 7) is 5.86. The highest BCUT2D eigenvalue weighted by Crippen LogP contribution is 2.22. The molecular weight excluding hydrogens is 360 g/mol. The van der Waals surface area contributed by atoms with E-state index in [1.54, 1.807) is 20.4 Å². The lowest BCUT2D eigenvalue weighted by molar-refractivity contribution is 0.412. The molecule has 146 valence electrons. The van der Waals surface area contributed by atoms with Crippen LogP contribution in [0.3, 0.4) is 0 Å². The van der Waals surface area contributed by atoms with E-state index in [0.717, 1.165) is 29.6 Å². The number of thioether (sulfide) groups is 1. The van der Waals surface area contributed by atoms with E-state index in [4.69, 9.17) is 9.47 Å². The van der Waals surface area contributed by atoms with Crippen molar-refractivity contribution in [1.29, 1.82) is 0 Å². The van der Waals surface area contributed by atoms with Crippen LogP contribution in [0.2, 0.25) is 0 Å². The van der Waals surface area contributed by atoms with Gasteiger partial charge < -0.3 is 20.1 Å². The van der Waals surface area contributed by atoms with Crippen molar-refractivity contribution < 1.29 is 9.47 Å². The van der Waals surface area contributed by atoms with Gasteiger partial charge in [0.15, 0.2) is 5.96 Å². The number of aromatic nitrogens is 1. The van der Waals surface area contributed by atoms with E-state index in [0.29, 0.717) is 12.4 Å². The first-order valence-electron chi connectivity index (χ1n) is 8.72. The van der Waals surface area contributed by atoms with Crippen LogP contribution in [0.15, 0.2) is 47.6 Å². The van der Waals surface area contributed by atoms with Crippen molar-refractivity contribution in [2.75, 3.05) is 27.0 Å². The molecule has 2 N–H and O–H groups in total. The third-order valence-electron chi connectivity index (χ3n) is 4.00. The van der Waals surface area contributed by atoms with Gasteiger partial charge in [0.1, 0.15) is 11.5 Å². The predicted molar refractivity (Wildman–Crippen MR) is 113 cm³/mol. The minimum Gasteiger partial charge on any atom is -0.497 e. The molecule has 0 bridgehead atoms. The number of hydrogen-bond acceptors (Lipinski definition) is 5. The van der Waals surface area contributed by atoms with Gasteiger partial charge in [0.25, 0.3) is 0 Å². The molecule has 1 aromatic heterocycles. The molecule has 1 heterocycles. The van der Waals surface area contributed by atoms with E-state index in [1.807, 2.05) is 48.2 Å². The van der Waals surface area contributed by atoms with E-state index in [2.05, 4.69) is 40.7 Å². The van der Waals surface area contributed by atoms with Gasteiger partial charge in [-0.15, -0.1) is 0 Å². The highest BCUT2D eigenvalue weighted by molar-refractivity contribution is 7.99. The Hall–Kier alpha value is -2.41. The lowest BCUT2D eigenvalue weighted by atomic mass is 10.2. The Balaban J connectivity index is 1.85. The summed E-state index contributed by atoms with van der Waals surface area (Å²) >= 11 is 1.82. The van der Waals surface area contributed by atoms with Crippen molar-refractivity contribution in [3.05, 3.63) is 48.2 Å². The van der Waals surface area contributed by atoms with Crippen molar-refractivity contribution in [3.8, 4) is 17.4 Å². The van der Waals surface area contributed by atoms with Crippen LogP contribution in [0.25, 0.3) is 0 Å². The highest BCUT2D eigenvalue weighted by Gasteiger charge is 2.16. The molecule has 0 fully saturated rings. The molecule has 0 aliphatic rings. The monoisotopic (exact) mass is 388 g/mol. The SMILES string of the molecule is CN=C(NCc1ccc(Oc2ccc(OC)cc2)nc1)NCC(C)(C)SC. The Labute approximate surface area is 165 Å². The average Bonchev–Trinajstić information content (AvgIpc) is 2.70. The number of hydrogen-bond donors (Lipinski definition) is 2. The van der Waals surface area contributed by atoms with Gasteiger partial charge in [-0.25, -0.2) is 4.98 Å². The second kappa shape index (κ2) is 10.1. The Morgan fingerprint density at radius 2 is 1.81 bits per heavy atom. The van der Waals surface area contributed by atoms with E-state index in [9.17, 15) is 0 Å². The molecule has 0 aliphatic heterocycles. The molecule has 0 unspecified atom stereocenters. The molecule has 0 atom stereocenters. The van der Waals surface area contributed by atoms with Crippen molar-refractivity contribution in [1.82, 2.24) is 15.6 Å². The first kappa shape index (κ1) is 20.9. The molecule has 0 spiro atoms. The normalized spacial score (nSPS) is 11.8. The molecule has 1 aromatic carbocycles. The third kappa shape index (κ3) is 7.02. The Morgan fingerprint density at radius 3 is 2.37 bits per heavy atom. The molecular formula is C20H28N4O2S. The molecule has 0 saturated carbocycles. The topological polar surface area (TPSA) is 67.8 Å². The van der Waals surface area contributed by atoms with Crippen LogP contribution in [-0.2, 0) is 6.54 Å². The van der Waals surface area contributed by atoms with Crippen LogP contribution in [0.1, 0.15) is 19.4 Å². The van der Waals surface area contributed by atoms with Gasteiger partial charge in [-0.05, 0) is 49.9 Å². The van der Waals surface area contributed by atoms with Crippen LogP contribution in [0.5, 0.6) is 17.4 Å². The predicted octanol–water partition coefficient (Wildman–Crippen LogP) is 3.69. The van der Waals surface area contributed by atoms with Crippen LogP contribution < -0.4 is 20.1 Å². The van der Waals surface area contributed by atoms with Crippen LogP contribution in [0, 0.1) is 0 Å². The quantitative estimate of drug-likeness (QED) is 0.531. The minimum absolute atomic E-state index is 0.152. The second-order valence-electron chi connectivity index (χ2n) is 6.53. The van der Waals surface area contributed by atoms with E-state index >= 15 is 0 Å². The summed E-state index contributed by atoms with van der Waals surface area (Å²) in [7, 11) is 3.41. The fourth-order valence-electron chi connectivity index (χ4n) is 2.12. The zero-order valence-electron chi connectivity index (χ0n) is 16.6. The van der Waals surface area contributed by atoms with Gasteiger partial charge in [-0.2, -0.15) is 11.8 Å². The first-order chi connectivity index (χ1) is 13.0. The Morgan fingerprint density at radius 1 is 1.11 bits per heavy atom. The maximum atomic E-state index is 5.74. The summed E-state index contributed by atoms with van der Waals surface area (Å²) in [6.07, 6.45) is 3.91. The summed E-state index contributed by atoms with van der Waals surface area (Å²) in [4.78, 5) is 8.62. The zero-order chi connectivity index (χ0) is 19.7. The molecule has 0 saturated heterocycles. The Kier molecular flexibility index (Phi) is 7.79. The fraction of sp³-hybridized carbons (Fsp3) is 0.400. The van der Waals surface area contributed by atoms with Gasteiger partial charge in [0, 0.05) is 37.1 Å². The van der Waals surface area contributed by atoms with Crippen LogP contribution >= 0.6 is 11.8 Å². The maximum absolute atomic E-state index is 5.74. The second-order valence-corrected chi connectivity index (χ2v) is 8.04. The van der Waals surface area contributed by atoms with Crippen molar-refractivity contribution in [3.63, 3.8) is 0 Å². The largest absolute Gasteiger partial charge is 0.497 e. The lowest BCUT2D eigenvalue weighted by Gasteiger charge is -2.23. The highest BCUT2D eigenvalue weighted by atomic mass is 32.2. The lowest BCUT2D eigenvalue weighted by Crippen LogP contribution is -2.42. The summed E-state index contributed by atoms with van der Waals surface area (Å²) < 4.78 is 11.0. The summed E-state index contributed by atoms with van der Waals surface area (Å²) in [6, 6.07) is 11.2. The van der Waals surface area contributed by atoms with Crippen LogP contribution in [-0.4, -0.2) is 42.6 Å². The number of ether oxygens (including phenoxy) is 2. The number of pyridine rings is 1.